The molecule has 0 fully saturated rings. The molecule has 6 heteroatoms. The molecule has 0 saturated carbocycles. The molecule has 0 aliphatic heterocycles. The number of anilines is 1. The third-order valence-corrected chi connectivity index (χ3v) is 3.88. The Hall–Kier alpha value is -1.56. The van der Waals surface area contributed by atoms with Crippen LogP contribution in [0, 0.1) is 5.92 Å². The summed E-state index contributed by atoms with van der Waals surface area (Å²) in [5.74, 6) is -0.113. The normalized spacial score (nSPS) is 12.8. The zero-order valence-corrected chi connectivity index (χ0v) is 15.8. The number of halogens is 1. The standard InChI is InChI=1S/C17H25BrN2O3/c1-11(2)10-14(20(16(22)23)17(3,4)5)15(21)19-13-8-6-12(18)7-9-13/h6-9,11,14H,10H2,1-5H3,(H,19,21)(H,22,23). The molecule has 0 bridgehead atoms. The quantitative estimate of drug-likeness (QED) is 0.780. The Morgan fingerprint density at radius 3 is 2.13 bits per heavy atom. The predicted octanol–water partition coefficient (Wildman–Crippen LogP) is 4.58. The molecular weight excluding hydrogens is 360 g/mol. The van der Waals surface area contributed by atoms with Crippen molar-refractivity contribution in [3.63, 3.8) is 0 Å². The van der Waals surface area contributed by atoms with E-state index < -0.39 is 17.7 Å². The fraction of sp³-hybridized carbons (Fsp3) is 0.529. The van der Waals surface area contributed by atoms with Crippen molar-refractivity contribution < 1.29 is 14.7 Å². The molecule has 1 rings (SSSR count). The second kappa shape index (κ2) is 7.81. The van der Waals surface area contributed by atoms with E-state index in [1.165, 1.54) is 4.90 Å². The van der Waals surface area contributed by atoms with Gasteiger partial charge in [0.15, 0.2) is 0 Å². The molecule has 1 aromatic rings. The predicted molar refractivity (Wildman–Crippen MR) is 95.6 cm³/mol. The minimum absolute atomic E-state index is 0.194. The minimum atomic E-state index is -1.09. The van der Waals surface area contributed by atoms with Crippen LogP contribution in [-0.2, 0) is 4.79 Å². The topological polar surface area (TPSA) is 69.6 Å². The van der Waals surface area contributed by atoms with Crippen LogP contribution in [0.4, 0.5) is 10.5 Å². The van der Waals surface area contributed by atoms with Gasteiger partial charge in [0.05, 0.1) is 0 Å². The second-order valence-electron chi connectivity index (χ2n) is 6.96. The second-order valence-corrected chi connectivity index (χ2v) is 7.88. The molecule has 2 N–H and O–H groups in total. The molecule has 0 saturated heterocycles. The van der Waals surface area contributed by atoms with Crippen molar-refractivity contribution in [2.45, 2.75) is 52.6 Å². The van der Waals surface area contributed by atoms with E-state index in [0.29, 0.717) is 12.1 Å². The molecule has 5 nitrogen and oxygen atoms in total. The maximum atomic E-state index is 12.7. The maximum Gasteiger partial charge on any atom is 0.408 e. The summed E-state index contributed by atoms with van der Waals surface area (Å²) in [6, 6.07) is 6.46. The van der Waals surface area contributed by atoms with Gasteiger partial charge in [0.25, 0.3) is 0 Å². The average Bonchev–Trinajstić information content (AvgIpc) is 2.38. The van der Waals surface area contributed by atoms with Crippen molar-refractivity contribution in [2.75, 3.05) is 5.32 Å². The lowest BCUT2D eigenvalue weighted by atomic mass is 9.96. The van der Waals surface area contributed by atoms with Crippen LogP contribution in [0.2, 0.25) is 0 Å². The SMILES string of the molecule is CC(C)CC(C(=O)Nc1ccc(Br)cc1)N(C(=O)O)C(C)(C)C. The fourth-order valence-electron chi connectivity index (χ4n) is 2.42. The van der Waals surface area contributed by atoms with Crippen LogP contribution in [0.25, 0.3) is 0 Å². The number of benzene rings is 1. The summed E-state index contributed by atoms with van der Waals surface area (Å²) in [5, 5.41) is 12.4. The number of nitrogens with one attached hydrogen (secondary N) is 1. The molecule has 0 spiro atoms. The summed E-state index contributed by atoms with van der Waals surface area (Å²) < 4.78 is 0.913. The van der Waals surface area contributed by atoms with Gasteiger partial charge in [-0.2, -0.15) is 0 Å². The lowest BCUT2D eigenvalue weighted by Gasteiger charge is -2.39. The van der Waals surface area contributed by atoms with Crippen molar-refractivity contribution >= 4 is 33.6 Å². The highest BCUT2D eigenvalue weighted by atomic mass is 79.9. The van der Waals surface area contributed by atoms with Crippen molar-refractivity contribution in [3.05, 3.63) is 28.7 Å². The van der Waals surface area contributed by atoms with Gasteiger partial charge in [-0.25, -0.2) is 4.79 Å². The summed E-state index contributed by atoms with van der Waals surface area (Å²) in [4.78, 5) is 25.6. The maximum absolute atomic E-state index is 12.7. The van der Waals surface area contributed by atoms with E-state index in [4.69, 9.17) is 0 Å². The van der Waals surface area contributed by atoms with Crippen molar-refractivity contribution in [2.24, 2.45) is 5.92 Å². The fourth-order valence-corrected chi connectivity index (χ4v) is 2.69. The Labute approximate surface area is 146 Å². The summed E-state index contributed by atoms with van der Waals surface area (Å²) in [6.07, 6.45) is -0.625. The lowest BCUT2D eigenvalue weighted by molar-refractivity contribution is -0.123. The molecule has 128 valence electrons. The summed E-state index contributed by atoms with van der Waals surface area (Å²) in [6.45, 7) is 9.33. The van der Waals surface area contributed by atoms with Gasteiger partial charge >= 0.3 is 6.09 Å². The number of amides is 2. The van der Waals surface area contributed by atoms with Gasteiger partial charge in [-0.3, -0.25) is 9.69 Å². The molecule has 2 amide bonds. The highest BCUT2D eigenvalue weighted by molar-refractivity contribution is 9.10. The van der Waals surface area contributed by atoms with Gasteiger partial charge in [-0.05, 0) is 57.4 Å². The third-order valence-electron chi connectivity index (χ3n) is 3.35. The lowest BCUT2D eigenvalue weighted by Crippen LogP contribution is -2.55. The number of rotatable bonds is 5. The van der Waals surface area contributed by atoms with E-state index in [1.54, 1.807) is 32.9 Å². The molecular formula is C17H25BrN2O3. The number of carbonyl (C=O) groups is 2. The molecule has 23 heavy (non-hydrogen) atoms. The first-order chi connectivity index (χ1) is 10.5. The van der Waals surface area contributed by atoms with Crippen molar-refractivity contribution in [1.29, 1.82) is 0 Å². The summed E-state index contributed by atoms with van der Waals surface area (Å²) in [7, 11) is 0. The van der Waals surface area contributed by atoms with Crippen LogP contribution < -0.4 is 5.32 Å². The highest BCUT2D eigenvalue weighted by Crippen LogP contribution is 2.24. The van der Waals surface area contributed by atoms with Crippen molar-refractivity contribution in [3.8, 4) is 0 Å². The van der Waals surface area contributed by atoms with Gasteiger partial charge in [0.2, 0.25) is 5.91 Å². The number of carbonyl (C=O) groups excluding carboxylic acids is 1. The Balaban J connectivity index is 3.06. The number of hydrogen-bond acceptors (Lipinski definition) is 2. The van der Waals surface area contributed by atoms with E-state index in [2.05, 4.69) is 21.2 Å². The van der Waals surface area contributed by atoms with Crippen LogP contribution in [-0.4, -0.2) is 33.6 Å². The largest absolute Gasteiger partial charge is 0.465 e. The van der Waals surface area contributed by atoms with Gasteiger partial charge in [-0.15, -0.1) is 0 Å². The molecule has 0 aliphatic rings. The molecule has 0 radical (unpaired) electrons. The Morgan fingerprint density at radius 1 is 1.22 bits per heavy atom. The van der Waals surface area contributed by atoms with E-state index in [-0.39, 0.29) is 11.8 Å². The monoisotopic (exact) mass is 384 g/mol. The van der Waals surface area contributed by atoms with E-state index >= 15 is 0 Å². The first kappa shape index (κ1) is 19.5. The molecule has 0 aromatic heterocycles. The average molecular weight is 385 g/mol. The smallest absolute Gasteiger partial charge is 0.408 e. The molecule has 1 unspecified atom stereocenters. The Bertz CT molecular complexity index is 550. The van der Waals surface area contributed by atoms with Crippen LogP contribution >= 0.6 is 15.9 Å². The number of nitrogens with zero attached hydrogens (tertiary/aromatic N) is 1. The molecule has 0 heterocycles. The third kappa shape index (κ3) is 5.86. The van der Waals surface area contributed by atoms with Gasteiger partial charge < -0.3 is 10.4 Å². The molecule has 1 atom stereocenters. The summed E-state index contributed by atoms with van der Waals surface area (Å²) >= 11 is 3.34. The van der Waals surface area contributed by atoms with E-state index in [1.807, 2.05) is 26.0 Å². The van der Waals surface area contributed by atoms with Crippen LogP contribution in [0.3, 0.4) is 0 Å². The van der Waals surface area contributed by atoms with Crippen LogP contribution in [0.1, 0.15) is 41.0 Å². The molecule has 1 aromatic carbocycles. The minimum Gasteiger partial charge on any atom is -0.465 e. The first-order valence-corrected chi connectivity index (χ1v) is 8.40. The zero-order chi connectivity index (χ0) is 17.8. The van der Waals surface area contributed by atoms with Gasteiger partial charge in [-0.1, -0.05) is 29.8 Å². The Kier molecular flexibility index (Phi) is 6.62. The van der Waals surface area contributed by atoms with E-state index in [0.717, 1.165) is 4.47 Å². The highest BCUT2D eigenvalue weighted by Gasteiger charge is 2.37. The number of hydrogen-bond donors (Lipinski definition) is 2. The van der Waals surface area contributed by atoms with Crippen LogP contribution in [0.5, 0.6) is 0 Å². The summed E-state index contributed by atoms with van der Waals surface area (Å²) in [5.41, 5.74) is -0.0196. The van der Waals surface area contributed by atoms with Crippen molar-refractivity contribution in [1.82, 2.24) is 4.90 Å². The van der Waals surface area contributed by atoms with Gasteiger partial charge in [0.1, 0.15) is 6.04 Å². The number of carboxylic acid groups (broad SMARTS) is 1. The zero-order valence-electron chi connectivity index (χ0n) is 14.3. The van der Waals surface area contributed by atoms with Crippen LogP contribution in [0.15, 0.2) is 28.7 Å². The first-order valence-electron chi connectivity index (χ1n) is 7.61. The Morgan fingerprint density at radius 2 is 1.74 bits per heavy atom. The molecule has 0 aliphatic carbocycles. The van der Waals surface area contributed by atoms with Gasteiger partial charge in [0, 0.05) is 15.7 Å². The van der Waals surface area contributed by atoms with E-state index in [9.17, 15) is 14.7 Å².